The largest absolute Gasteiger partial charge is 0.399 e. The highest BCUT2D eigenvalue weighted by molar-refractivity contribution is 6.11. The minimum atomic E-state index is -0.530. The van der Waals surface area contributed by atoms with Crippen LogP contribution in [0, 0.1) is 0 Å². The number of epoxide rings is 1. The standard InChI is InChI=1S/C12H10N2O/c13-6-1-2-7-9(5-6)8-3-4-12(14)11(15-12)10(7)8/h1-5,11H,13-14H2. The molecule has 1 aromatic carbocycles. The van der Waals surface area contributed by atoms with Crippen molar-refractivity contribution in [3.05, 3.63) is 41.5 Å². The maximum atomic E-state index is 5.96. The van der Waals surface area contributed by atoms with Crippen LogP contribution in [0.25, 0.3) is 11.1 Å². The van der Waals surface area contributed by atoms with Gasteiger partial charge in [-0.25, -0.2) is 0 Å². The molecule has 1 saturated heterocycles. The summed E-state index contributed by atoms with van der Waals surface area (Å²) in [6.45, 7) is 0. The fourth-order valence-corrected chi connectivity index (χ4v) is 2.50. The maximum Gasteiger partial charge on any atom is 0.168 e. The van der Waals surface area contributed by atoms with E-state index in [4.69, 9.17) is 16.2 Å². The molecule has 3 aliphatic rings. The molecule has 1 heterocycles. The third kappa shape index (κ3) is 0.749. The summed E-state index contributed by atoms with van der Waals surface area (Å²) in [6.07, 6.45) is 4.04. The van der Waals surface area contributed by atoms with E-state index >= 15 is 0 Å². The van der Waals surface area contributed by atoms with E-state index in [0.29, 0.717) is 0 Å². The predicted molar refractivity (Wildman–Crippen MR) is 58.6 cm³/mol. The van der Waals surface area contributed by atoms with Gasteiger partial charge in [0, 0.05) is 11.3 Å². The normalized spacial score (nSPS) is 34.1. The molecule has 1 aliphatic heterocycles. The van der Waals surface area contributed by atoms with Gasteiger partial charge in [-0.3, -0.25) is 5.73 Å². The summed E-state index contributed by atoms with van der Waals surface area (Å²) in [7, 11) is 0. The number of anilines is 1. The summed E-state index contributed by atoms with van der Waals surface area (Å²) in [5.74, 6) is 0. The Kier molecular flexibility index (Phi) is 1.03. The molecule has 0 radical (unpaired) electrons. The second kappa shape index (κ2) is 2.01. The van der Waals surface area contributed by atoms with Crippen LogP contribution in [-0.2, 0) is 4.74 Å². The van der Waals surface area contributed by atoms with E-state index in [1.807, 2.05) is 30.4 Å². The van der Waals surface area contributed by atoms with E-state index in [2.05, 4.69) is 0 Å². The van der Waals surface area contributed by atoms with Crippen molar-refractivity contribution in [2.45, 2.75) is 11.8 Å². The Bertz CT molecular complexity index is 559. The molecule has 2 aliphatic carbocycles. The van der Waals surface area contributed by atoms with E-state index in [1.165, 1.54) is 22.3 Å². The van der Waals surface area contributed by atoms with Crippen LogP contribution in [-0.4, -0.2) is 11.8 Å². The van der Waals surface area contributed by atoms with Crippen molar-refractivity contribution in [3.63, 3.8) is 0 Å². The van der Waals surface area contributed by atoms with Crippen molar-refractivity contribution in [1.29, 1.82) is 0 Å². The minimum absolute atomic E-state index is 0.0635. The Balaban J connectivity index is 1.91. The van der Waals surface area contributed by atoms with Crippen LogP contribution in [0.15, 0.2) is 30.4 Å². The van der Waals surface area contributed by atoms with Gasteiger partial charge in [0.05, 0.1) is 0 Å². The fraction of sp³-hybridized carbons (Fsp3) is 0.167. The van der Waals surface area contributed by atoms with Gasteiger partial charge in [0.15, 0.2) is 5.72 Å². The summed E-state index contributed by atoms with van der Waals surface area (Å²) in [4.78, 5) is 0. The monoisotopic (exact) mass is 198 g/mol. The fourth-order valence-electron chi connectivity index (χ4n) is 2.50. The molecular formula is C12H10N2O. The predicted octanol–water partition coefficient (Wildman–Crippen LogP) is 1.12. The van der Waals surface area contributed by atoms with Gasteiger partial charge >= 0.3 is 0 Å². The maximum absolute atomic E-state index is 5.96. The molecule has 0 saturated carbocycles. The Labute approximate surface area is 87.0 Å². The third-order valence-corrected chi connectivity index (χ3v) is 3.36. The zero-order chi connectivity index (χ0) is 10.2. The third-order valence-electron chi connectivity index (χ3n) is 3.36. The van der Waals surface area contributed by atoms with Gasteiger partial charge in [0.2, 0.25) is 0 Å². The number of hydrogen-bond acceptors (Lipinski definition) is 3. The first-order chi connectivity index (χ1) is 7.19. The topological polar surface area (TPSA) is 64.6 Å². The van der Waals surface area contributed by atoms with Crippen molar-refractivity contribution < 1.29 is 4.74 Å². The van der Waals surface area contributed by atoms with E-state index in [9.17, 15) is 0 Å². The summed E-state index contributed by atoms with van der Waals surface area (Å²) < 4.78 is 5.49. The average molecular weight is 198 g/mol. The summed E-state index contributed by atoms with van der Waals surface area (Å²) in [6, 6.07) is 5.97. The average Bonchev–Trinajstić information content (AvgIpc) is 2.84. The molecule has 2 unspecified atom stereocenters. The van der Waals surface area contributed by atoms with Crippen molar-refractivity contribution in [1.82, 2.24) is 0 Å². The molecule has 3 nitrogen and oxygen atoms in total. The first-order valence-electron chi connectivity index (χ1n) is 4.99. The molecule has 1 aromatic rings. The summed E-state index contributed by atoms with van der Waals surface area (Å²) in [5.41, 5.74) is 16.9. The highest BCUT2D eigenvalue weighted by Crippen LogP contribution is 2.56. The number of fused-ring (bicyclic) bond motifs is 5. The molecule has 4 N–H and O–H groups in total. The molecule has 0 amide bonds. The zero-order valence-corrected chi connectivity index (χ0v) is 8.03. The number of nitrogen functional groups attached to an aromatic ring is 1. The highest BCUT2D eigenvalue weighted by Gasteiger charge is 2.58. The van der Waals surface area contributed by atoms with Crippen LogP contribution in [0.1, 0.15) is 11.1 Å². The lowest BCUT2D eigenvalue weighted by Gasteiger charge is -2.28. The lowest BCUT2D eigenvalue weighted by atomic mass is 9.75. The van der Waals surface area contributed by atoms with Gasteiger partial charge in [-0.15, -0.1) is 0 Å². The van der Waals surface area contributed by atoms with Gasteiger partial charge in [-0.2, -0.15) is 0 Å². The number of benzene rings is 1. The number of nitrogens with two attached hydrogens (primary N) is 2. The van der Waals surface area contributed by atoms with Crippen molar-refractivity contribution in [3.8, 4) is 0 Å². The van der Waals surface area contributed by atoms with Gasteiger partial charge in [-0.05, 0) is 34.9 Å². The van der Waals surface area contributed by atoms with Gasteiger partial charge < -0.3 is 10.5 Å². The SMILES string of the molecule is Nc1ccc2c(c1)C1=C2C2OC2(N)C=C1. The molecule has 15 heavy (non-hydrogen) atoms. The van der Waals surface area contributed by atoms with Crippen molar-refractivity contribution in [2.75, 3.05) is 5.73 Å². The molecule has 74 valence electrons. The van der Waals surface area contributed by atoms with Crippen LogP contribution >= 0.6 is 0 Å². The van der Waals surface area contributed by atoms with Gasteiger partial charge in [0.1, 0.15) is 6.10 Å². The highest BCUT2D eigenvalue weighted by atomic mass is 16.6. The Morgan fingerprint density at radius 1 is 1.27 bits per heavy atom. The van der Waals surface area contributed by atoms with Crippen LogP contribution < -0.4 is 11.5 Å². The van der Waals surface area contributed by atoms with Crippen LogP contribution in [0.3, 0.4) is 0 Å². The Morgan fingerprint density at radius 3 is 3.00 bits per heavy atom. The van der Waals surface area contributed by atoms with E-state index in [-0.39, 0.29) is 6.10 Å². The quantitative estimate of drug-likeness (QED) is 0.485. The number of hydrogen-bond donors (Lipinski definition) is 2. The minimum Gasteiger partial charge on any atom is -0.399 e. The molecule has 2 atom stereocenters. The van der Waals surface area contributed by atoms with E-state index < -0.39 is 5.72 Å². The molecule has 3 heteroatoms. The zero-order valence-electron chi connectivity index (χ0n) is 8.03. The van der Waals surface area contributed by atoms with Gasteiger partial charge in [-0.1, -0.05) is 12.1 Å². The van der Waals surface area contributed by atoms with Crippen molar-refractivity contribution in [2.24, 2.45) is 5.73 Å². The summed E-state index contributed by atoms with van der Waals surface area (Å²) in [5, 5.41) is 0. The Hall–Kier alpha value is -1.58. The lowest BCUT2D eigenvalue weighted by molar-refractivity contribution is 0.349. The number of ether oxygens (including phenoxy) is 1. The van der Waals surface area contributed by atoms with Crippen LogP contribution in [0.5, 0.6) is 0 Å². The molecule has 0 bridgehead atoms. The van der Waals surface area contributed by atoms with Gasteiger partial charge in [0.25, 0.3) is 0 Å². The second-order valence-corrected chi connectivity index (χ2v) is 4.32. The number of allylic oxidation sites excluding steroid dienone is 2. The number of rotatable bonds is 0. The first-order valence-corrected chi connectivity index (χ1v) is 4.99. The summed E-state index contributed by atoms with van der Waals surface area (Å²) >= 11 is 0. The van der Waals surface area contributed by atoms with Crippen molar-refractivity contribution >= 4 is 16.8 Å². The van der Waals surface area contributed by atoms with Crippen LogP contribution in [0.2, 0.25) is 0 Å². The lowest BCUT2D eigenvalue weighted by Crippen LogP contribution is -2.29. The molecule has 1 fully saturated rings. The Morgan fingerprint density at radius 2 is 2.13 bits per heavy atom. The molecule has 0 spiro atoms. The van der Waals surface area contributed by atoms with Crippen LogP contribution in [0.4, 0.5) is 5.69 Å². The van der Waals surface area contributed by atoms with E-state index in [1.54, 1.807) is 0 Å². The first kappa shape index (κ1) is 7.68. The van der Waals surface area contributed by atoms with E-state index in [0.717, 1.165) is 5.69 Å². The molecular weight excluding hydrogens is 188 g/mol. The second-order valence-electron chi connectivity index (χ2n) is 4.32. The smallest absolute Gasteiger partial charge is 0.168 e. The molecule has 4 rings (SSSR count). The molecule has 0 aromatic heterocycles.